The van der Waals surface area contributed by atoms with Gasteiger partial charge in [0.25, 0.3) is 6.71 Å². The smallest absolute Gasteiger partial charge is 0.264 e. The van der Waals surface area contributed by atoms with Crippen molar-refractivity contribution in [1.29, 1.82) is 0 Å². The van der Waals surface area contributed by atoms with E-state index in [0.29, 0.717) is 0 Å². The molecule has 14 rings (SSSR count). The van der Waals surface area contributed by atoms with Gasteiger partial charge in [-0.1, -0.05) is 215 Å². The first-order valence-electron chi connectivity index (χ1n) is 30.6. The van der Waals surface area contributed by atoms with Crippen LogP contribution in [0.1, 0.15) is 157 Å². The number of benzene rings is 9. The molecule has 0 atom stereocenters. The van der Waals surface area contributed by atoms with E-state index in [4.69, 9.17) is 0 Å². The van der Waals surface area contributed by atoms with Gasteiger partial charge in [0.1, 0.15) is 0 Å². The minimum atomic E-state index is -0.371. The maximum Gasteiger partial charge on any atom is 0.264 e. The van der Waals surface area contributed by atoms with E-state index in [0.717, 1.165) is 5.69 Å². The molecule has 0 fully saturated rings. The summed E-state index contributed by atoms with van der Waals surface area (Å²) >= 11 is 2.00. The van der Waals surface area contributed by atoms with Crippen LogP contribution in [0, 0.1) is 0 Å². The van der Waals surface area contributed by atoms with Gasteiger partial charge >= 0.3 is 0 Å². The summed E-state index contributed by atoms with van der Waals surface area (Å²) in [5, 5.41) is 3.91. The van der Waals surface area contributed by atoms with Gasteiger partial charge in [0.15, 0.2) is 0 Å². The van der Waals surface area contributed by atoms with Crippen molar-refractivity contribution < 1.29 is 0 Å². The summed E-state index contributed by atoms with van der Waals surface area (Å²) in [5.41, 5.74) is 27.6. The fourth-order valence-corrected chi connectivity index (χ4v) is 15.6. The highest BCUT2D eigenvalue weighted by molar-refractivity contribution is 7.33. The third kappa shape index (κ3) is 8.25. The van der Waals surface area contributed by atoms with E-state index in [9.17, 15) is 0 Å². The molecule has 0 saturated carbocycles. The van der Waals surface area contributed by atoms with Crippen molar-refractivity contribution in [3.05, 3.63) is 215 Å². The maximum atomic E-state index is 2.71. The van der Waals surface area contributed by atoms with E-state index in [2.05, 4.69) is 308 Å². The highest BCUT2D eigenvalue weighted by atomic mass is 32.1. The molecule has 420 valence electrons. The van der Waals surface area contributed by atoms with Crippen LogP contribution >= 0.6 is 11.3 Å². The van der Waals surface area contributed by atoms with Crippen molar-refractivity contribution in [1.82, 2.24) is 4.57 Å². The molecular weight excluding hydrogens is 1030 g/mol. The normalized spacial score (nSPS) is 14.8. The van der Waals surface area contributed by atoms with Crippen LogP contribution in [0.15, 0.2) is 176 Å². The van der Waals surface area contributed by atoms with Crippen LogP contribution in [0.3, 0.4) is 0 Å². The number of aromatic nitrogens is 1. The van der Waals surface area contributed by atoms with E-state index in [1.807, 2.05) is 11.3 Å². The molecule has 5 heteroatoms. The number of thiophene rings is 1. The SMILES string of the molecule is CC(C)(C)c1ccc(N2c3cc(-c4ccccc4)cc4c3B(c3cc(-n5c6ccc(C(C)(C)C)cc6c6cc(C(C)(C)C)ccc65)c5c(c32)-c2ccccc2C5(C)C)c2sc3ccc(C(C)(C)C)cc3c2N4c2ccc(C(C)(C)C)cc2)cc1. The standard InChI is InChI=1S/C79H80BN3S/c1-74(2,3)49-27-34-54(35-28-49)81-65-41-48(47-23-19-18-20-24-47)42-66-70(65)80(73-71(81)59-45-53(78(13,14)15)33-40-67(59)84-73)61-46-64(83-62-38-31-51(76(7,8)9)43-57(62)58-44-52(77(10,11)12)32-39-63(58)83)69-68(56-25-21-22-26-60(56)79(69,16)17)72(61)82(66)55-36-29-50(30-37-55)75(4,5)6/h18-46H,1-17H3. The summed E-state index contributed by atoms with van der Waals surface area (Å²) in [6, 6.07) is 69.4. The molecule has 0 N–H and O–H groups in total. The Labute approximate surface area is 504 Å². The molecule has 2 aromatic heterocycles. The second kappa shape index (κ2) is 18.2. The Bertz CT molecular complexity index is 4440. The number of fused-ring (bicyclic) bond motifs is 13. The summed E-state index contributed by atoms with van der Waals surface area (Å²) in [7, 11) is 0. The summed E-state index contributed by atoms with van der Waals surface area (Å²) < 4.78 is 5.37. The third-order valence-electron chi connectivity index (χ3n) is 19.1. The molecule has 9 aromatic carbocycles. The zero-order chi connectivity index (χ0) is 59.1. The molecule has 3 aliphatic rings. The van der Waals surface area contributed by atoms with Crippen LogP contribution in [0.25, 0.3) is 59.8 Å². The van der Waals surface area contributed by atoms with Gasteiger partial charge in [0.2, 0.25) is 0 Å². The van der Waals surface area contributed by atoms with Crippen LogP contribution < -0.4 is 25.5 Å². The number of hydrogen-bond donors (Lipinski definition) is 0. The largest absolute Gasteiger partial charge is 0.311 e. The number of nitrogens with zero attached hydrogens (tertiary/aromatic N) is 3. The maximum absolute atomic E-state index is 2.71. The molecule has 2 aliphatic heterocycles. The van der Waals surface area contributed by atoms with Crippen molar-refractivity contribution >= 4 is 99.8 Å². The van der Waals surface area contributed by atoms with Crippen molar-refractivity contribution in [2.24, 2.45) is 0 Å². The van der Waals surface area contributed by atoms with Crippen LogP contribution in [-0.2, 0) is 32.5 Å². The second-order valence-electron chi connectivity index (χ2n) is 30.3. The lowest BCUT2D eigenvalue weighted by molar-refractivity contribution is 0.590. The minimum Gasteiger partial charge on any atom is -0.311 e. The predicted octanol–water partition coefficient (Wildman–Crippen LogP) is 20.5. The van der Waals surface area contributed by atoms with Crippen LogP contribution in [0.2, 0.25) is 0 Å². The van der Waals surface area contributed by atoms with Crippen LogP contribution in [0.5, 0.6) is 0 Å². The number of rotatable bonds is 4. The zero-order valence-corrected chi connectivity index (χ0v) is 53.4. The highest BCUT2D eigenvalue weighted by Crippen LogP contribution is 2.59. The van der Waals surface area contributed by atoms with Crippen molar-refractivity contribution in [2.45, 2.75) is 150 Å². The van der Waals surface area contributed by atoms with Crippen molar-refractivity contribution in [3.8, 4) is 27.9 Å². The lowest BCUT2D eigenvalue weighted by atomic mass is 9.35. The molecule has 0 radical (unpaired) electrons. The summed E-state index contributed by atoms with van der Waals surface area (Å²) in [6.45, 7) is 39.9. The van der Waals surface area contributed by atoms with E-state index in [1.165, 1.54) is 143 Å². The minimum absolute atomic E-state index is 0.00219. The molecule has 3 nitrogen and oxygen atoms in total. The van der Waals surface area contributed by atoms with Crippen LogP contribution in [0.4, 0.5) is 34.1 Å². The summed E-state index contributed by atoms with van der Waals surface area (Å²) in [6.07, 6.45) is 0. The first kappa shape index (κ1) is 54.3. The monoisotopic (exact) mass is 1110 g/mol. The van der Waals surface area contributed by atoms with Gasteiger partial charge in [0, 0.05) is 65.1 Å². The van der Waals surface area contributed by atoms with Gasteiger partial charge in [-0.25, -0.2) is 0 Å². The average molecular weight is 1110 g/mol. The second-order valence-corrected chi connectivity index (χ2v) is 31.4. The third-order valence-corrected chi connectivity index (χ3v) is 20.3. The topological polar surface area (TPSA) is 11.4 Å². The first-order valence-corrected chi connectivity index (χ1v) is 31.4. The van der Waals surface area contributed by atoms with Gasteiger partial charge < -0.3 is 14.4 Å². The molecule has 0 spiro atoms. The van der Waals surface area contributed by atoms with E-state index < -0.39 is 0 Å². The zero-order valence-electron chi connectivity index (χ0n) is 52.6. The quantitative estimate of drug-likeness (QED) is 0.163. The number of anilines is 6. The lowest BCUT2D eigenvalue weighted by Gasteiger charge is -2.45. The lowest BCUT2D eigenvalue weighted by Crippen LogP contribution is -2.60. The van der Waals surface area contributed by atoms with Gasteiger partial charge in [-0.2, -0.15) is 0 Å². The van der Waals surface area contributed by atoms with E-state index in [1.54, 1.807) is 0 Å². The molecule has 0 amide bonds. The molecule has 0 unspecified atom stereocenters. The summed E-state index contributed by atoms with van der Waals surface area (Å²) in [5.74, 6) is 0. The van der Waals surface area contributed by atoms with E-state index in [-0.39, 0.29) is 39.2 Å². The Kier molecular flexibility index (Phi) is 11.8. The molecule has 0 bridgehead atoms. The van der Waals surface area contributed by atoms with Gasteiger partial charge in [-0.3, -0.25) is 0 Å². The molecule has 1 aliphatic carbocycles. The van der Waals surface area contributed by atoms with Gasteiger partial charge in [-0.05, 0) is 172 Å². The Morgan fingerprint density at radius 2 is 0.857 bits per heavy atom. The summed E-state index contributed by atoms with van der Waals surface area (Å²) in [4.78, 5) is 5.37. The fraction of sp³-hybridized carbons (Fsp3) is 0.291. The van der Waals surface area contributed by atoms with E-state index >= 15 is 0 Å². The van der Waals surface area contributed by atoms with Gasteiger partial charge in [0.05, 0.1) is 22.4 Å². The first-order chi connectivity index (χ1) is 39.6. The van der Waals surface area contributed by atoms with Crippen LogP contribution in [-0.4, -0.2) is 11.3 Å². The Hall–Kier alpha value is -7.60. The Morgan fingerprint density at radius 1 is 0.405 bits per heavy atom. The molecule has 0 saturated heterocycles. The predicted molar refractivity (Wildman–Crippen MR) is 367 cm³/mol. The highest BCUT2D eigenvalue weighted by Gasteiger charge is 2.50. The van der Waals surface area contributed by atoms with Crippen molar-refractivity contribution in [2.75, 3.05) is 9.80 Å². The fourth-order valence-electron chi connectivity index (χ4n) is 14.3. The molecule has 4 heterocycles. The molecule has 11 aromatic rings. The molecule has 84 heavy (non-hydrogen) atoms. The van der Waals surface area contributed by atoms with Crippen molar-refractivity contribution in [3.63, 3.8) is 0 Å². The Morgan fingerprint density at radius 3 is 1.37 bits per heavy atom. The average Bonchev–Trinajstić information content (AvgIpc) is 1.35. The number of hydrogen-bond acceptors (Lipinski definition) is 3. The Balaban J connectivity index is 1.19. The molecular formula is C79H80BN3S. The van der Waals surface area contributed by atoms with Gasteiger partial charge in [-0.15, -0.1) is 11.3 Å².